The smallest absolute Gasteiger partial charge is 0.196 e. The standard InChI is InChI=1S/C13H9ClFNO/c1-8-4-9(6-10(14)5-8)13(17)11-2-3-16-7-12(11)15/h2-7H,1H3. The SMILES string of the molecule is Cc1cc(Cl)cc(C(=O)c2ccncc2F)c1. The third-order valence-electron chi connectivity index (χ3n) is 2.32. The van der Waals surface area contributed by atoms with Gasteiger partial charge in [0.05, 0.1) is 11.8 Å². The van der Waals surface area contributed by atoms with E-state index in [1.54, 1.807) is 12.1 Å². The molecule has 0 amide bonds. The molecule has 0 aliphatic heterocycles. The molecular formula is C13H9ClFNO. The molecule has 0 spiro atoms. The van der Waals surface area contributed by atoms with E-state index < -0.39 is 11.6 Å². The lowest BCUT2D eigenvalue weighted by molar-refractivity contribution is 0.103. The monoisotopic (exact) mass is 249 g/mol. The molecule has 1 heterocycles. The molecule has 0 aliphatic rings. The highest BCUT2D eigenvalue weighted by molar-refractivity contribution is 6.31. The molecule has 0 radical (unpaired) electrons. The van der Waals surface area contributed by atoms with Crippen molar-refractivity contribution >= 4 is 17.4 Å². The van der Waals surface area contributed by atoms with E-state index in [1.807, 2.05) is 6.92 Å². The van der Waals surface area contributed by atoms with Gasteiger partial charge in [0.2, 0.25) is 0 Å². The summed E-state index contributed by atoms with van der Waals surface area (Å²) in [6, 6.07) is 6.29. The molecule has 0 atom stereocenters. The first kappa shape index (κ1) is 11.7. The van der Waals surface area contributed by atoms with Crippen molar-refractivity contribution in [1.29, 1.82) is 0 Å². The number of carbonyl (C=O) groups excluding carboxylic acids is 1. The van der Waals surface area contributed by atoms with Crippen LogP contribution in [0.3, 0.4) is 0 Å². The summed E-state index contributed by atoms with van der Waals surface area (Å²) in [7, 11) is 0. The lowest BCUT2D eigenvalue weighted by atomic mass is 10.0. The Labute approximate surface area is 103 Å². The van der Waals surface area contributed by atoms with Gasteiger partial charge in [0.1, 0.15) is 0 Å². The zero-order chi connectivity index (χ0) is 12.4. The van der Waals surface area contributed by atoms with Crippen molar-refractivity contribution in [3.63, 3.8) is 0 Å². The molecule has 2 nitrogen and oxygen atoms in total. The van der Waals surface area contributed by atoms with Crippen LogP contribution in [0.25, 0.3) is 0 Å². The summed E-state index contributed by atoms with van der Waals surface area (Å²) in [5, 5.41) is 0.461. The fourth-order valence-electron chi connectivity index (χ4n) is 1.58. The minimum atomic E-state index is -0.630. The molecular weight excluding hydrogens is 241 g/mol. The van der Waals surface area contributed by atoms with Gasteiger partial charge in [-0.05, 0) is 36.8 Å². The average Bonchev–Trinajstić information content (AvgIpc) is 2.27. The highest BCUT2D eigenvalue weighted by Gasteiger charge is 2.14. The van der Waals surface area contributed by atoms with Gasteiger partial charge in [0, 0.05) is 16.8 Å². The van der Waals surface area contributed by atoms with E-state index in [0.717, 1.165) is 11.8 Å². The van der Waals surface area contributed by atoms with Gasteiger partial charge in [-0.3, -0.25) is 9.78 Å². The molecule has 86 valence electrons. The Morgan fingerprint density at radius 3 is 2.76 bits per heavy atom. The van der Waals surface area contributed by atoms with Crippen LogP contribution >= 0.6 is 11.6 Å². The van der Waals surface area contributed by atoms with Crippen LogP contribution < -0.4 is 0 Å². The first-order chi connectivity index (χ1) is 8.08. The van der Waals surface area contributed by atoms with Crippen molar-refractivity contribution in [3.8, 4) is 0 Å². The molecule has 0 unspecified atom stereocenters. The zero-order valence-corrected chi connectivity index (χ0v) is 9.83. The van der Waals surface area contributed by atoms with E-state index in [4.69, 9.17) is 11.6 Å². The number of pyridine rings is 1. The third-order valence-corrected chi connectivity index (χ3v) is 2.54. The van der Waals surface area contributed by atoms with Crippen molar-refractivity contribution in [2.24, 2.45) is 0 Å². The lowest BCUT2D eigenvalue weighted by Gasteiger charge is -2.04. The molecule has 0 aliphatic carbocycles. The van der Waals surface area contributed by atoms with Gasteiger partial charge in [-0.1, -0.05) is 11.6 Å². The zero-order valence-electron chi connectivity index (χ0n) is 9.08. The molecule has 1 aromatic heterocycles. The molecule has 2 rings (SSSR count). The van der Waals surface area contributed by atoms with E-state index in [-0.39, 0.29) is 5.56 Å². The fraction of sp³-hybridized carbons (Fsp3) is 0.0769. The van der Waals surface area contributed by atoms with Crippen LogP contribution in [-0.4, -0.2) is 10.8 Å². The highest BCUT2D eigenvalue weighted by atomic mass is 35.5. The number of halogens is 2. The van der Waals surface area contributed by atoms with E-state index >= 15 is 0 Å². The lowest BCUT2D eigenvalue weighted by Crippen LogP contribution is -2.05. The largest absolute Gasteiger partial charge is 0.288 e. The predicted molar refractivity (Wildman–Crippen MR) is 63.8 cm³/mol. The van der Waals surface area contributed by atoms with Gasteiger partial charge >= 0.3 is 0 Å². The number of ketones is 1. The Morgan fingerprint density at radius 1 is 1.35 bits per heavy atom. The van der Waals surface area contributed by atoms with Gasteiger partial charge in [0.25, 0.3) is 0 Å². The van der Waals surface area contributed by atoms with Crippen molar-refractivity contribution in [2.45, 2.75) is 6.92 Å². The van der Waals surface area contributed by atoms with E-state index in [0.29, 0.717) is 10.6 Å². The van der Waals surface area contributed by atoms with Crippen molar-refractivity contribution in [3.05, 3.63) is 64.2 Å². The molecule has 1 aromatic carbocycles. The quantitative estimate of drug-likeness (QED) is 0.764. The Morgan fingerprint density at radius 2 is 2.12 bits per heavy atom. The first-order valence-corrected chi connectivity index (χ1v) is 5.37. The number of nitrogens with zero attached hydrogens (tertiary/aromatic N) is 1. The summed E-state index contributed by atoms with van der Waals surface area (Å²) >= 11 is 5.86. The highest BCUT2D eigenvalue weighted by Crippen LogP contribution is 2.18. The van der Waals surface area contributed by atoms with Crippen LogP contribution in [0, 0.1) is 12.7 Å². The third kappa shape index (κ3) is 2.50. The number of aryl methyl sites for hydroxylation is 1. The number of hydrogen-bond donors (Lipinski definition) is 0. The number of hydrogen-bond acceptors (Lipinski definition) is 2. The second-order valence-electron chi connectivity index (χ2n) is 3.70. The van der Waals surface area contributed by atoms with Crippen LogP contribution in [0.1, 0.15) is 21.5 Å². The molecule has 17 heavy (non-hydrogen) atoms. The van der Waals surface area contributed by atoms with Gasteiger partial charge in [0.15, 0.2) is 11.6 Å². The number of carbonyl (C=O) groups is 1. The molecule has 0 bridgehead atoms. The summed E-state index contributed by atoms with van der Waals surface area (Å²) < 4.78 is 13.4. The normalized spacial score (nSPS) is 10.3. The molecule has 2 aromatic rings. The maximum Gasteiger partial charge on any atom is 0.196 e. The van der Waals surface area contributed by atoms with Crippen LogP contribution in [0.15, 0.2) is 36.7 Å². The van der Waals surface area contributed by atoms with Crippen LogP contribution in [-0.2, 0) is 0 Å². The molecule has 0 saturated heterocycles. The maximum absolute atomic E-state index is 13.4. The van der Waals surface area contributed by atoms with Crippen molar-refractivity contribution in [1.82, 2.24) is 4.98 Å². The van der Waals surface area contributed by atoms with Gasteiger partial charge in [-0.2, -0.15) is 0 Å². The Bertz CT molecular complexity index is 563. The molecule has 0 N–H and O–H groups in total. The second kappa shape index (κ2) is 4.63. The summed E-state index contributed by atoms with van der Waals surface area (Å²) in [4.78, 5) is 15.6. The van der Waals surface area contributed by atoms with Crippen molar-refractivity contribution < 1.29 is 9.18 Å². The summed E-state index contributed by atoms with van der Waals surface area (Å²) in [6.07, 6.45) is 2.40. The van der Waals surface area contributed by atoms with Crippen LogP contribution in [0.2, 0.25) is 5.02 Å². The Kier molecular flexibility index (Phi) is 3.20. The predicted octanol–water partition coefficient (Wildman–Crippen LogP) is 3.41. The van der Waals surface area contributed by atoms with Gasteiger partial charge in [-0.25, -0.2) is 4.39 Å². The maximum atomic E-state index is 13.4. The Balaban J connectivity index is 2.48. The first-order valence-electron chi connectivity index (χ1n) is 4.99. The number of rotatable bonds is 2. The van der Waals surface area contributed by atoms with E-state index in [9.17, 15) is 9.18 Å². The Hall–Kier alpha value is -1.74. The molecule has 4 heteroatoms. The van der Waals surface area contributed by atoms with Crippen LogP contribution in [0.5, 0.6) is 0 Å². The molecule has 0 fully saturated rings. The van der Waals surface area contributed by atoms with Crippen LogP contribution in [0.4, 0.5) is 4.39 Å². The summed E-state index contributed by atoms with van der Waals surface area (Å²) in [6.45, 7) is 1.82. The van der Waals surface area contributed by atoms with Crippen molar-refractivity contribution in [2.75, 3.05) is 0 Å². The molecule has 0 saturated carbocycles. The summed E-state index contributed by atoms with van der Waals surface area (Å²) in [5.41, 5.74) is 1.23. The van der Waals surface area contributed by atoms with Gasteiger partial charge in [-0.15, -0.1) is 0 Å². The van der Waals surface area contributed by atoms with E-state index in [1.165, 1.54) is 18.3 Å². The number of benzene rings is 1. The fourth-order valence-corrected chi connectivity index (χ4v) is 1.87. The minimum Gasteiger partial charge on any atom is -0.288 e. The average molecular weight is 250 g/mol. The second-order valence-corrected chi connectivity index (χ2v) is 4.14. The summed E-state index contributed by atoms with van der Waals surface area (Å²) in [5.74, 6) is -1.02. The van der Waals surface area contributed by atoms with E-state index in [2.05, 4.69) is 4.98 Å². The minimum absolute atomic E-state index is 0.00154. The van der Waals surface area contributed by atoms with Gasteiger partial charge < -0.3 is 0 Å². The number of aromatic nitrogens is 1. The topological polar surface area (TPSA) is 30.0 Å².